The van der Waals surface area contributed by atoms with Gasteiger partial charge in [0.15, 0.2) is 0 Å². The lowest BCUT2D eigenvalue weighted by molar-refractivity contribution is -0.136. The molecular formula is C10H18O3. The number of hydrogen-bond acceptors (Lipinski definition) is 2. The number of aliphatic carboxylic acids is 1. The van der Waals surface area contributed by atoms with Crippen molar-refractivity contribution in [3.8, 4) is 0 Å². The van der Waals surface area contributed by atoms with Gasteiger partial charge in [0.1, 0.15) is 0 Å². The summed E-state index contributed by atoms with van der Waals surface area (Å²) in [7, 11) is 0. The standard InChI is InChI=1S/C10H18O3/c1-10(2,3)13-8-6-4-5-7-9(11)12/h4,6H,5,7-8H2,1-3H3,(H,11,12). The average Bonchev–Trinajstić information content (AvgIpc) is 1.93. The molecule has 0 atom stereocenters. The molecule has 0 spiro atoms. The topological polar surface area (TPSA) is 46.5 Å². The van der Waals surface area contributed by atoms with Crippen LogP contribution in [0.1, 0.15) is 33.6 Å². The lowest BCUT2D eigenvalue weighted by atomic mass is 10.2. The van der Waals surface area contributed by atoms with E-state index in [1.54, 1.807) is 0 Å². The van der Waals surface area contributed by atoms with Gasteiger partial charge in [0.25, 0.3) is 0 Å². The molecule has 0 amide bonds. The molecule has 76 valence electrons. The summed E-state index contributed by atoms with van der Waals surface area (Å²) in [4.78, 5) is 10.1. The van der Waals surface area contributed by atoms with E-state index >= 15 is 0 Å². The molecule has 3 nitrogen and oxygen atoms in total. The first-order valence-electron chi connectivity index (χ1n) is 4.42. The maximum absolute atomic E-state index is 10.1. The van der Waals surface area contributed by atoms with E-state index in [9.17, 15) is 4.79 Å². The van der Waals surface area contributed by atoms with Crippen LogP contribution >= 0.6 is 0 Å². The summed E-state index contributed by atoms with van der Waals surface area (Å²) in [6, 6.07) is 0. The first-order chi connectivity index (χ1) is 5.92. The van der Waals surface area contributed by atoms with Crippen LogP contribution in [0.4, 0.5) is 0 Å². The molecule has 0 saturated heterocycles. The Kier molecular flexibility index (Phi) is 5.39. The molecule has 0 radical (unpaired) electrons. The molecule has 0 unspecified atom stereocenters. The number of hydrogen-bond donors (Lipinski definition) is 1. The molecule has 0 aliphatic heterocycles. The van der Waals surface area contributed by atoms with Gasteiger partial charge in [-0.2, -0.15) is 0 Å². The lowest BCUT2D eigenvalue weighted by Crippen LogP contribution is -2.18. The maximum atomic E-state index is 10.1. The van der Waals surface area contributed by atoms with E-state index in [1.165, 1.54) is 0 Å². The van der Waals surface area contributed by atoms with Gasteiger partial charge in [-0.25, -0.2) is 0 Å². The Morgan fingerprint density at radius 3 is 2.46 bits per heavy atom. The van der Waals surface area contributed by atoms with Crippen molar-refractivity contribution in [2.24, 2.45) is 0 Å². The molecule has 0 aromatic carbocycles. The van der Waals surface area contributed by atoms with Crippen LogP contribution in [0.25, 0.3) is 0 Å². The van der Waals surface area contributed by atoms with E-state index in [1.807, 2.05) is 32.9 Å². The highest BCUT2D eigenvalue weighted by Crippen LogP contribution is 2.06. The van der Waals surface area contributed by atoms with Crippen LogP contribution in [0.2, 0.25) is 0 Å². The number of carbonyl (C=O) groups is 1. The third kappa shape index (κ3) is 11.2. The number of rotatable bonds is 5. The fourth-order valence-electron chi connectivity index (χ4n) is 0.691. The van der Waals surface area contributed by atoms with Crippen molar-refractivity contribution in [2.75, 3.05) is 6.61 Å². The molecule has 3 heteroatoms. The third-order valence-corrected chi connectivity index (χ3v) is 1.30. The highest BCUT2D eigenvalue weighted by Gasteiger charge is 2.07. The summed E-state index contributed by atoms with van der Waals surface area (Å²) in [6.07, 6.45) is 4.45. The first-order valence-corrected chi connectivity index (χ1v) is 4.42. The minimum atomic E-state index is -0.763. The molecule has 0 rings (SSSR count). The Morgan fingerprint density at radius 2 is 2.00 bits per heavy atom. The van der Waals surface area contributed by atoms with E-state index < -0.39 is 5.97 Å². The molecule has 1 N–H and O–H groups in total. The SMILES string of the molecule is CC(C)(C)OCC=CCCC(=O)O. The largest absolute Gasteiger partial charge is 0.481 e. The van der Waals surface area contributed by atoms with Crippen molar-refractivity contribution in [1.82, 2.24) is 0 Å². The van der Waals surface area contributed by atoms with E-state index in [4.69, 9.17) is 9.84 Å². The van der Waals surface area contributed by atoms with Gasteiger partial charge in [-0.1, -0.05) is 12.2 Å². The van der Waals surface area contributed by atoms with Crippen molar-refractivity contribution in [2.45, 2.75) is 39.2 Å². The second-order valence-electron chi connectivity index (χ2n) is 3.83. The number of allylic oxidation sites excluding steroid dienone is 1. The van der Waals surface area contributed by atoms with E-state index in [0.717, 1.165) is 0 Å². The normalized spacial score (nSPS) is 12.2. The average molecular weight is 186 g/mol. The zero-order chi connectivity index (χ0) is 10.3. The van der Waals surface area contributed by atoms with E-state index in [-0.39, 0.29) is 12.0 Å². The molecule has 13 heavy (non-hydrogen) atoms. The van der Waals surface area contributed by atoms with E-state index in [0.29, 0.717) is 13.0 Å². The van der Waals surface area contributed by atoms with Gasteiger partial charge in [0.05, 0.1) is 12.2 Å². The van der Waals surface area contributed by atoms with Crippen LogP contribution in [-0.4, -0.2) is 23.3 Å². The van der Waals surface area contributed by atoms with Crippen LogP contribution in [0.15, 0.2) is 12.2 Å². The molecule has 0 heterocycles. The predicted molar refractivity (Wildman–Crippen MR) is 51.7 cm³/mol. The molecule has 0 aromatic rings. The van der Waals surface area contributed by atoms with Gasteiger partial charge >= 0.3 is 5.97 Å². The van der Waals surface area contributed by atoms with Gasteiger partial charge in [0.2, 0.25) is 0 Å². The monoisotopic (exact) mass is 186 g/mol. The predicted octanol–water partition coefficient (Wildman–Crippen LogP) is 2.22. The molecule has 0 aromatic heterocycles. The van der Waals surface area contributed by atoms with Gasteiger partial charge in [0, 0.05) is 6.42 Å². The van der Waals surface area contributed by atoms with Gasteiger partial charge < -0.3 is 9.84 Å². The van der Waals surface area contributed by atoms with Crippen molar-refractivity contribution in [1.29, 1.82) is 0 Å². The van der Waals surface area contributed by atoms with Crippen LogP contribution in [0.3, 0.4) is 0 Å². The number of carboxylic acids is 1. The Bertz CT molecular complexity index is 177. The van der Waals surface area contributed by atoms with E-state index in [2.05, 4.69) is 0 Å². The fourth-order valence-corrected chi connectivity index (χ4v) is 0.691. The minimum absolute atomic E-state index is 0.128. The molecule has 0 bridgehead atoms. The minimum Gasteiger partial charge on any atom is -0.481 e. The summed E-state index contributed by atoms with van der Waals surface area (Å²) >= 11 is 0. The smallest absolute Gasteiger partial charge is 0.303 e. The second-order valence-corrected chi connectivity index (χ2v) is 3.83. The molecule has 0 saturated carbocycles. The summed E-state index contributed by atoms with van der Waals surface area (Å²) in [5.74, 6) is -0.763. The highest BCUT2D eigenvalue weighted by molar-refractivity contribution is 5.66. The number of carboxylic acid groups (broad SMARTS) is 1. The van der Waals surface area contributed by atoms with Crippen molar-refractivity contribution >= 4 is 5.97 Å². The first kappa shape index (κ1) is 12.2. The molecular weight excluding hydrogens is 168 g/mol. The zero-order valence-electron chi connectivity index (χ0n) is 8.54. The van der Waals surface area contributed by atoms with Gasteiger partial charge in [-0.15, -0.1) is 0 Å². The third-order valence-electron chi connectivity index (χ3n) is 1.30. The second kappa shape index (κ2) is 5.75. The van der Waals surface area contributed by atoms with Crippen LogP contribution in [0, 0.1) is 0 Å². The Morgan fingerprint density at radius 1 is 1.38 bits per heavy atom. The number of ether oxygens (including phenoxy) is 1. The maximum Gasteiger partial charge on any atom is 0.303 e. The van der Waals surface area contributed by atoms with Crippen molar-refractivity contribution < 1.29 is 14.6 Å². The summed E-state index contributed by atoms with van der Waals surface area (Å²) in [6.45, 7) is 6.50. The zero-order valence-corrected chi connectivity index (χ0v) is 8.54. The van der Waals surface area contributed by atoms with Crippen LogP contribution < -0.4 is 0 Å². The van der Waals surface area contributed by atoms with Gasteiger partial charge in [-0.3, -0.25) is 4.79 Å². The molecule has 0 aliphatic rings. The highest BCUT2D eigenvalue weighted by atomic mass is 16.5. The quantitative estimate of drug-likeness (QED) is 0.670. The van der Waals surface area contributed by atoms with Crippen LogP contribution in [0.5, 0.6) is 0 Å². The Balaban J connectivity index is 3.38. The summed E-state index contributed by atoms with van der Waals surface area (Å²) in [5.41, 5.74) is -0.128. The summed E-state index contributed by atoms with van der Waals surface area (Å²) < 4.78 is 5.40. The van der Waals surface area contributed by atoms with Crippen LogP contribution in [-0.2, 0) is 9.53 Å². The van der Waals surface area contributed by atoms with Crippen molar-refractivity contribution in [3.05, 3.63) is 12.2 Å². The molecule has 0 fully saturated rings. The Hall–Kier alpha value is -0.830. The van der Waals surface area contributed by atoms with Crippen molar-refractivity contribution in [3.63, 3.8) is 0 Å². The summed E-state index contributed by atoms with van der Waals surface area (Å²) in [5, 5.41) is 8.33. The lowest BCUT2D eigenvalue weighted by Gasteiger charge is -2.17. The van der Waals surface area contributed by atoms with Gasteiger partial charge in [-0.05, 0) is 27.2 Å². The fraction of sp³-hybridized carbons (Fsp3) is 0.700. The molecule has 0 aliphatic carbocycles. The Labute approximate surface area is 79.4 Å².